The zero-order valence-electron chi connectivity index (χ0n) is 14.6. The highest BCUT2D eigenvalue weighted by atomic mass is 19.1. The number of H-pyrrole nitrogens is 1. The van der Waals surface area contributed by atoms with Crippen LogP contribution in [0.15, 0.2) is 35.1 Å². The number of halogens is 1. The van der Waals surface area contributed by atoms with Crippen molar-refractivity contribution in [3.05, 3.63) is 57.8 Å². The molecule has 26 heavy (non-hydrogen) atoms. The number of carbonyl (C=O) groups excluding carboxylic acids is 1. The van der Waals surface area contributed by atoms with Crippen LogP contribution in [0.25, 0.3) is 0 Å². The fourth-order valence-electron chi connectivity index (χ4n) is 2.80. The molecule has 0 saturated carbocycles. The molecule has 7 nitrogen and oxygen atoms in total. The van der Waals surface area contributed by atoms with Gasteiger partial charge in [0.25, 0.3) is 5.56 Å². The molecular weight excluding hydrogens is 339 g/mol. The molecule has 2 aromatic rings. The Morgan fingerprint density at radius 3 is 2.58 bits per heavy atom. The average molecular weight is 360 g/mol. The van der Waals surface area contributed by atoms with Crippen LogP contribution in [-0.2, 0) is 16.1 Å². The van der Waals surface area contributed by atoms with Gasteiger partial charge < -0.3 is 14.5 Å². The summed E-state index contributed by atoms with van der Waals surface area (Å²) in [5.41, 5.74) is 0.309. The van der Waals surface area contributed by atoms with Gasteiger partial charge in [-0.05, 0) is 12.5 Å². The maximum absolute atomic E-state index is 13.4. The summed E-state index contributed by atoms with van der Waals surface area (Å²) in [6.07, 6.45) is 0. The molecule has 0 bridgehead atoms. The summed E-state index contributed by atoms with van der Waals surface area (Å²) < 4.78 is 18.9. The fourth-order valence-corrected chi connectivity index (χ4v) is 2.80. The second-order valence-corrected chi connectivity index (χ2v) is 6.14. The molecule has 0 aliphatic carbocycles. The van der Waals surface area contributed by atoms with Crippen molar-refractivity contribution in [2.75, 3.05) is 37.7 Å². The van der Waals surface area contributed by atoms with E-state index in [1.807, 2.05) is 35.2 Å². The number of anilines is 1. The van der Waals surface area contributed by atoms with Crippen molar-refractivity contribution in [2.45, 2.75) is 13.5 Å². The zero-order chi connectivity index (χ0) is 18.5. The summed E-state index contributed by atoms with van der Waals surface area (Å²) in [5.74, 6) is -0.600. The average Bonchev–Trinajstić information content (AvgIpc) is 2.66. The smallest absolute Gasteiger partial charge is 0.288 e. The van der Waals surface area contributed by atoms with Gasteiger partial charge in [0.2, 0.25) is 17.7 Å². The normalized spacial score (nSPS) is 14.5. The van der Waals surface area contributed by atoms with Crippen LogP contribution in [0.1, 0.15) is 11.3 Å². The van der Waals surface area contributed by atoms with Crippen LogP contribution in [0.5, 0.6) is 0 Å². The van der Waals surface area contributed by atoms with Gasteiger partial charge in [-0.1, -0.05) is 30.3 Å². The third-order valence-corrected chi connectivity index (χ3v) is 4.28. The Morgan fingerprint density at radius 2 is 1.92 bits per heavy atom. The van der Waals surface area contributed by atoms with Crippen molar-refractivity contribution in [3.8, 4) is 0 Å². The van der Waals surface area contributed by atoms with Crippen LogP contribution >= 0.6 is 0 Å². The van der Waals surface area contributed by atoms with Gasteiger partial charge in [-0.2, -0.15) is 4.39 Å². The molecule has 0 radical (unpaired) electrons. The Morgan fingerprint density at radius 1 is 1.23 bits per heavy atom. The monoisotopic (exact) mass is 360 g/mol. The van der Waals surface area contributed by atoms with E-state index >= 15 is 0 Å². The second kappa shape index (κ2) is 8.09. The minimum absolute atomic E-state index is 0.0274. The quantitative estimate of drug-likeness (QED) is 0.863. The van der Waals surface area contributed by atoms with Crippen LogP contribution in [0.2, 0.25) is 0 Å². The molecule has 1 aromatic heterocycles. The molecule has 1 amide bonds. The van der Waals surface area contributed by atoms with Crippen LogP contribution in [0.4, 0.5) is 10.3 Å². The maximum atomic E-state index is 13.4. The van der Waals surface area contributed by atoms with Crippen LogP contribution < -0.4 is 10.5 Å². The molecule has 1 saturated heterocycles. The van der Waals surface area contributed by atoms with E-state index in [4.69, 9.17) is 4.74 Å². The molecule has 0 atom stereocenters. The standard InChI is InChI=1S/C18H21FN4O3/c1-13-16(19)17(25)21-18(20-13)23-9-7-22(8-10-23)15(24)12-26-11-14-5-3-2-4-6-14/h2-6H,7-12H2,1H3,(H,20,21,25). The number of aryl methyl sites for hydroxylation is 1. The van der Waals surface area contributed by atoms with Crippen molar-refractivity contribution in [1.29, 1.82) is 0 Å². The molecule has 1 fully saturated rings. The lowest BCUT2D eigenvalue weighted by Gasteiger charge is -2.35. The Labute approximate surface area is 150 Å². The number of benzene rings is 1. The topological polar surface area (TPSA) is 78.5 Å². The summed E-state index contributed by atoms with van der Waals surface area (Å²) in [6, 6.07) is 9.67. The first-order valence-electron chi connectivity index (χ1n) is 8.45. The van der Waals surface area contributed by atoms with E-state index in [2.05, 4.69) is 9.97 Å². The molecular formula is C18H21FN4O3. The predicted octanol–water partition coefficient (Wildman–Crippen LogP) is 1.08. The molecule has 0 spiro atoms. The van der Waals surface area contributed by atoms with Gasteiger partial charge in [0.1, 0.15) is 6.61 Å². The molecule has 1 aliphatic rings. The van der Waals surface area contributed by atoms with Gasteiger partial charge in [0, 0.05) is 26.2 Å². The first-order valence-corrected chi connectivity index (χ1v) is 8.45. The van der Waals surface area contributed by atoms with E-state index in [1.54, 1.807) is 4.90 Å². The molecule has 1 aromatic carbocycles. The van der Waals surface area contributed by atoms with Crippen molar-refractivity contribution >= 4 is 11.9 Å². The van der Waals surface area contributed by atoms with Crippen molar-refractivity contribution in [1.82, 2.24) is 14.9 Å². The van der Waals surface area contributed by atoms with Crippen LogP contribution in [0, 0.1) is 12.7 Å². The van der Waals surface area contributed by atoms with E-state index in [-0.39, 0.29) is 18.2 Å². The van der Waals surface area contributed by atoms with E-state index in [1.165, 1.54) is 6.92 Å². The van der Waals surface area contributed by atoms with E-state index in [9.17, 15) is 14.0 Å². The Bertz CT molecular complexity index is 817. The number of nitrogens with one attached hydrogen (secondary N) is 1. The van der Waals surface area contributed by atoms with E-state index in [0.29, 0.717) is 38.7 Å². The second-order valence-electron chi connectivity index (χ2n) is 6.14. The third kappa shape index (κ3) is 4.26. The minimum atomic E-state index is -0.863. The predicted molar refractivity (Wildman–Crippen MR) is 94.4 cm³/mol. The zero-order valence-corrected chi connectivity index (χ0v) is 14.6. The van der Waals surface area contributed by atoms with E-state index < -0.39 is 11.4 Å². The number of ether oxygens (including phenoxy) is 1. The number of aromatic nitrogens is 2. The SMILES string of the molecule is Cc1nc(N2CCN(C(=O)COCc3ccccc3)CC2)[nH]c(=O)c1F. The lowest BCUT2D eigenvalue weighted by molar-refractivity contribution is -0.136. The van der Waals surface area contributed by atoms with Gasteiger partial charge >= 0.3 is 0 Å². The number of amides is 1. The molecule has 1 aliphatic heterocycles. The Balaban J connectivity index is 1.48. The van der Waals surface area contributed by atoms with Crippen LogP contribution in [-0.4, -0.2) is 53.6 Å². The Hall–Kier alpha value is -2.74. The van der Waals surface area contributed by atoms with Crippen molar-refractivity contribution < 1.29 is 13.9 Å². The number of hydrogen-bond acceptors (Lipinski definition) is 5. The highest BCUT2D eigenvalue weighted by Gasteiger charge is 2.23. The van der Waals surface area contributed by atoms with Gasteiger partial charge in [0.15, 0.2) is 0 Å². The number of carbonyl (C=O) groups is 1. The fraction of sp³-hybridized carbons (Fsp3) is 0.389. The summed E-state index contributed by atoms with van der Waals surface area (Å²) in [4.78, 5) is 33.8. The summed E-state index contributed by atoms with van der Waals surface area (Å²) in [5, 5.41) is 0. The highest BCUT2D eigenvalue weighted by Crippen LogP contribution is 2.11. The minimum Gasteiger partial charge on any atom is -0.367 e. The summed E-state index contributed by atoms with van der Waals surface area (Å²) in [6.45, 7) is 3.89. The lowest BCUT2D eigenvalue weighted by atomic mass is 10.2. The first kappa shape index (κ1) is 18.1. The maximum Gasteiger partial charge on any atom is 0.288 e. The van der Waals surface area contributed by atoms with Gasteiger partial charge in [-0.3, -0.25) is 14.6 Å². The number of aromatic amines is 1. The third-order valence-electron chi connectivity index (χ3n) is 4.28. The van der Waals surface area contributed by atoms with Gasteiger partial charge in [0.05, 0.1) is 12.3 Å². The molecule has 1 N–H and O–H groups in total. The molecule has 2 heterocycles. The summed E-state index contributed by atoms with van der Waals surface area (Å²) >= 11 is 0. The molecule has 0 unspecified atom stereocenters. The summed E-state index contributed by atoms with van der Waals surface area (Å²) in [7, 11) is 0. The van der Waals surface area contributed by atoms with Gasteiger partial charge in [-0.15, -0.1) is 0 Å². The Kier molecular flexibility index (Phi) is 5.62. The molecule has 3 rings (SSSR count). The van der Waals surface area contributed by atoms with Crippen LogP contribution in [0.3, 0.4) is 0 Å². The molecule has 8 heteroatoms. The largest absolute Gasteiger partial charge is 0.367 e. The van der Waals surface area contributed by atoms with Crippen molar-refractivity contribution in [2.24, 2.45) is 0 Å². The molecule has 138 valence electrons. The first-order chi connectivity index (χ1) is 12.5. The number of nitrogens with zero attached hydrogens (tertiary/aromatic N) is 3. The lowest BCUT2D eigenvalue weighted by Crippen LogP contribution is -2.50. The number of piperazine rings is 1. The van der Waals surface area contributed by atoms with Crippen molar-refractivity contribution in [3.63, 3.8) is 0 Å². The number of hydrogen-bond donors (Lipinski definition) is 1. The number of rotatable bonds is 5. The highest BCUT2D eigenvalue weighted by molar-refractivity contribution is 5.77. The van der Waals surface area contributed by atoms with Gasteiger partial charge in [-0.25, -0.2) is 4.98 Å². The van der Waals surface area contributed by atoms with E-state index in [0.717, 1.165) is 5.56 Å².